The Labute approximate surface area is 187 Å². The van der Waals surface area contributed by atoms with Crippen molar-refractivity contribution in [2.24, 2.45) is 11.7 Å². The second-order valence-electron chi connectivity index (χ2n) is 6.87. The fourth-order valence-corrected chi connectivity index (χ4v) is 3.18. The normalized spacial score (nSPS) is 40.6. The third-order valence-corrected chi connectivity index (χ3v) is 5.32. The van der Waals surface area contributed by atoms with Gasteiger partial charge in [0.05, 0.1) is 0 Å². The number of hydrazine groups is 2. The Morgan fingerprint density at radius 2 is 1.03 bits per heavy atom. The average molecular weight is 489 g/mol. The smallest absolute Gasteiger partial charge is 0.189 e. The number of ether oxygens (including phenoxy) is 3. The minimum Gasteiger partial charge on any atom is -0.388 e. The van der Waals surface area contributed by atoms with Gasteiger partial charge < -0.3 is 66.3 Å². The number of nitrogens with one attached hydrogen (secondary N) is 4. The van der Waals surface area contributed by atoms with Gasteiger partial charge in [-0.25, -0.2) is 11.7 Å². The highest BCUT2D eigenvalue weighted by Gasteiger charge is 2.49. The van der Waals surface area contributed by atoms with Gasteiger partial charge in [0.15, 0.2) is 22.8 Å². The summed E-state index contributed by atoms with van der Waals surface area (Å²) in [4.78, 5) is 0. The summed E-state index contributed by atoms with van der Waals surface area (Å²) in [5.74, 6) is 10.3. The summed E-state index contributed by atoms with van der Waals surface area (Å²) < 4.78 is 16.4. The summed E-state index contributed by atoms with van der Waals surface area (Å²) in [5.41, 5.74) is 4.34. The highest BCUT2D eigenvalue weighted by molar-refractivity contribution is 7.80. The van der Waals surface area contributed by atoms with Crippen molar-refractivity contribution in [3.05, 3.63) is 0 Å². The Balaban J connectivity index is 2.06. The molecule has 2 saturated heterocycles. The van der Waals surface area contributed by atoms with Crippen LogP contribution in [0.1, 0.15) is 0 Å². The molecule has 17 heteroatoms. The van der Waals surface area contributed by atoms with E-state index in [0.717, 1.165) is 0 Å². The third kappa shape index (κ3) is 6.48. The van der Waals surface area contributed by atoms with Gasteiger partial charge in [-0.1, -0.05) is 0 Å². The van der Waals surface area contributed by atoms with E-state index in [1.54, 1.807) is 0 Å². The summed E-state index contributed by atoms with van der Waals surface area (Å²) in [7, 11) is 0. The quantitative estimate of drug-likeness (QED) is 0.0942. The van der Waals surface area contributed by atoms with Crippen LogP contribution in [0.15, 0.2) is 0 Å². The van der Waals surface area contributed by atoms with Gasteiger partial charge in [0.1, 0.15) is 48.8 Å². The molecule has 0 amide bonds. The molecule has 0 spiro atoms. The van der Waals surface area contributed by atoms with E-state index in [-0.39, 0.29) is 23.3 Å². The standard InChI is InChI=1S/C14H28N6O9S2/c15-19-13(30)17-1-3-5(21)7(23)9(25)11(27-3)29-12-10(26)8(24)6(22)4(28-12)2-18-14(31)20-16/h3-12,21-26H,1-2,15-16H2,(H2,17,19,30)(H2,18,20,31)/t3?,4?,5-,6-,7+,8?,9?,10?,11-,12-/m1/s1. The van der Waals surface area contributed by atoms with E-state index in [1.165, 1.54) is 0 Å². The fourth-order valence-electron chi connectivity index (χ4n) is 3.02. The van der Waals surface area contributed by atoms with Crippen molar-refractivity contribution < 1.29 is 44.8 Å². The van der Waals surface area contributed by atoms with E-state index in [0.29, 0.717) is 0 Å². The first-order valence-corrected chi connectivity index (χ1v) is 9.96. The van der Waals surface area contributed by atoms with Crippen molar-refractivity contribution in [1.82, 2.24) is 21.5 Å². The lowest BCUT2D eigenvalue weighted by molar-refractivity contribution is -0.372. The molecule has 0 bridgehead atoms. The highest BCUT2D eigenvalue weighted by Crippen LogP contribution is 2.28. The summed E-state index contributed by atoms with van der Waals surface area (Å²) in [6, 6.07) is 0. The van der Waals surface area contributed by atoms with E-state index in [9.17, 15) is 30.6 Å². The van der Waals surface area contributed by atoms with Crippen LogP contribution in [0.4, 0.5) is 0 Å². The summed E-state index contributed by atoms with van der Waals surface area (Å²) in [6.45, 7) is -0.224. The van der Waals surface area contributed by atoms with Crippen molar-refractivity contribution in [3.8, 4) is 0 Å². The maximum Gasteiger partial charge on any atom is 0.189 e. The average Bonchev–Trinajstić information content (AvgIpc) is 2.77. The third-order valence-electron chi connectivity index (χ3n) is 4.80. The van der Waals surface area contributed by atoms with Gasteiger partial charge in [0, 0.05) is 13.1 Å². The number of aliphatic hydroxyl groups excluding tert-OH is 6. The van der Waals surface area contributed by atoms with Crippen molar-refractivity contribution in [2.45, 2.75) is 61.4 Å². The Hall–Kier alpha value is -1.06. The molecule has 2 aliphatic rings. The lowest BCUT2D eigenvalue weighted by Gasteiger charge is -2.45. The van der Waals surface area contributed by atoms with Gasteiger partial charge in [-0.15, -0.1) is 0 Å². The molecule has 180 valence electrons. The van der Waals surface area contributed by atoms with Crippen LogP contribution in [0.3, 0.4) is 0 Å². The number of hydrogen-bond donors (Lipinski definition) is 12. The Kier molecular flexibility index (Phi) is 9.89. The zero-order chi connectivity index (χ0) is 23.3. The first-order valence-electron chi connectivity index (χ1n) is 9.14. The molecule has 2 aliphatic heterocycles. The highest BCUT2D eigenvalue weighted by atomic mass is 32.1. The van der Waals surface area contributed by atoms with Gasteiger partial charge >= 0.3 is 0 Å². The van der Waals surface area contributed by atoms with Crippen molar-refractivity contribution in [3.63, 3.8) is 0 Å². The molecule has 15 nitrogen and oxygen atoms in total. The number of aliphatic hydroxyl groups is 6. The van der Waals surface area contributed by atoms with E-state index in [1.807, 2.05) is 0 Å². The Bertz CT molecular complexity index is 575. The van der Waals surface area contributed by atoms with E-state index in [2.05, 4.69) is 21.5 Å². The van der Waals surface area contributed by atoms with E-state index >= 15 is 0 Å². The molecule has 0 aliphatic carbocycles. The zero-order valence-electron chi connectivity index (χ0n) is 16.1. The molecule has 2 fully saturated rings. The van der Waals surface area contributed by atoms with Gasteiger partial charge in [0.2, 0.25) is 0 Å². The van der Waals surface area contributed by atoms with E-state index in [4.69, 9.17) is 50.3 Å². The Morgan fingerprint density at radius 3 is 1.35 bits per heavy atom. The van der Waals surface area contributed by atoms with Crippen LogP contribution in [-0.4, -0.2) is 115 Å². The van der Waals surface area contributed by atoms with Crippen molar-refractivity contribution in [2.75, 3.05) is 13.1 Å². The maximum absolute atomic E-state index is 10.2. The zero-order valence-corrected chi connectivity index (χ0v) is 17.7. The number of thiocarbonyl (C=S) groups is 2. The number of rotatable bonds is 6. The largest absolute Gasteiger partial charge is 0.388 e. The van der Waals surface area contributed by atoms with E-state index < -0.39 is 61.4 Å². The summed E-state index contributed by atoms with van der Waals surface area (Å²) >= 11 is 9.64. The fraction of sp³-hybridized carbons (Fsp3) is 0.857. The minimum absolute atomic E-state index is 0.0391. The lowest BCUT2D eigenvalue weighted by Crippen LogP contribution is -2.65. The lowest BCUT2D eigenvalue weighted by atomic mass is 9.97. The topological polar surface area (TPSA) is 249 Å². The van der Waals surface area contributed by atoms with Crippen molar-refractivity contribution >= 4 is 34.7 Å². The number of nitrogens with two attached hydrogens (primary N) is 2. The van der Waals surface area contributed by atoms with Gasteiger partial charge in [0.25, 0.3) is 0 Å². The molecule has 2 heterocycles. The molecular weight excluding hydrogens is 460 g/mol. The van der Waals surface area contributed by atoms with Crippen LogP contribution in [0.5, 0.6) is 0 Å². The van der Waals surface area contributed by atoms with Crippen LogP contribution in [0, 0.1) is 0 Å². The summed E-state index contributed by atoms with van der Waals surface area (Å²) in [5, 5.41) is 66.3. The van der Waals surface area contributed by atoms with Crippen LogP contribution >= 0.6 is 24.4 Å². The predicted molar refractivity (Wildman–Crippen MR) is 110 cm³/mol. The van der Waals surface area contributed by atoms with Crippen LogP contribution < -0.4 is 33.2 Å². The number of hydrogen-bond acceptors (Lipinski definition) is 13. The SMILES string of the molecule is NNC(=S)NCC1O[C@H](O[C@H]2OC(CNC(=S)NN)[C@@H](O)[C@H](O)C2O)C(O)C(O)[C@@H]1O. The summed E-state index contributed by atoms with van der Waals surface area (Å²) in [6.07, 6.45) is -15.2. The molecule has 0 aromatic carbocycles. The molecule has 0 radical (unpaired) electrons. The predicted octanol–water partition coefficient (Wildman–Crippen LogP) is -6.71. The molecule has 5 unspecified atom stereocenters. The molecule has 0 aromatic rings. The monoisotopic (exact) mass is 488 g/mol. The Morgan fingerprint density at radius 1 is 0.677 bits per heavy atom. The first kappa shape index (κ1) is 26.2. The molecule has 14 N–H and O–H groups in total. The van der Waals surface area contributed by atoms with Crippen LogP contribution in [-0.2, 0) is 14.2 Å². The van der Waals surface area contributed by atoms with Crippen LogP contribution in [0.2, 0.25) is 0 Å². The van der Waals surface area contributed by atoms with Crippen molar-refractivity contribution in [1.29, 1.82) is 0 Å². The van der Waals surface area contributed by atoms with Gasteiger partial charge in [-0.05, 0) is 24.4 Å². The minimum atomic E-state index is -1.73. The molecule has 31 heavy (non-hydrogen) atoms. The maximum atomic E-state index is 10.2. The molecule has 2 rings (SSSR count). The second kappa shape index (κ2) is 11.7. The molecule has 10 atom stereocenters. The first-order chi connectivity index (χ1) is 14.6. The molecule has 0 aromatic heterocycles. The van der Waals surface area contributed by atoms with Crippen LogP contribution in [0.25, 0.3) is 0 Å². The molecular formula is C14H28N6O9S2. The van der Waals surface area contributed by atoms with Gasteiger partial charge in [-0.3, -0.25) is 0 Å². The molecule has 0 saturated carbocycles. The van der Waals surface area contributed by atoms with Gasteiger partial charge in [-0.2, -0.15) is 0 Å². The second-order valence-corrected chi connectivity index (χ2v) is 7.69.